The first kappa shape index (κ1) is 25.3. The largest absolute Gasteiger partial charge is 0.451 e. The van der Waals surface area contributed by atoms with E-state index in [-0.39, 0.29) is 5.91 Å². The van der Waals surface area contributed by atoms with Crippen LogP contribution in [-0.2, 0) is 19.1 Å². The van der Waals surface area contributed by atoms with Gasteiger partial charge in [0.2, 0.25) is 11.8 Å². The maximum Gasteiger partial charge on any atom is 0.330 e. The molecule has 0 N–H and O–H groups in total. The van der Waals surface area contributed by atoms with Crippen molar-refractivity contribution in [2.75, 3.05) is 4.90 Å². The molecule has 3 heterocycles. The Morgan fingerprint density at radius 2 is 1.39 bits per heavy atom. The van der Waals surface area contributed by atoms with Crippen LogP contribution in [0.2, 0.25) is 5.02 Å². The van der Waals surface area contributed by atoms with Gasteiger partial charge in [0, 0.05) is 11.2 Å². The first-order valence-corrected chi connectivity index (χ1v) is 13.9. The van der Waals surface area contributed by atoms with Crippen LogP contribution >= 0.6 is 11.6 Å². The van der Waals surface area contributed by atoms with E-state index in [0.717, 1.165) is 22.3 Å². The maximum absolute atomic E-state index is 14.3. The second-order valence-corrected chi connectivity index (χ2v) is 10.9. The molecule has 3 aliphatic heterocycles. The molecule has 2 saturated heterocycles. The molecule has 7 heteroatoms. The van der Waals surface area contributed by atoms with Gasteiger partial charge in [0.1, 0.15) is 6.04 Å². The summed E-state index contributed by atoms with van der Waals surface area (Å²) in [5.41, 5.74) is 3.87. The highest BCUT2D eigenvalue weighted by molar-refractivity contribution is 6.31. The van der Waals surface area contributed by atoms with Gasteiger partial charge in [0.05, 0.1) is 23.6 Å². The van der Waals surface area contributed by atoms with Gasteiger partial charge in [-0.3, -0.25) is 9.59 Å². The van der Waals surface area contributed by atoms with Crippen molar-refractivity contribution in [1.82, 2.24) is 4.90 Å². The number of anilines is 1. The third kappa shape index (κ3) is 4.14. The van der Waals surface area contributed by atoms with Gasteiger partial charge in [-0.1, -0.05) is 103 Å². The number of amides is 2. The molecular formula is C34H25ClN2O4. The number of rotatable bonds is 5. The van der Waals surface area contributed by atoms with Crippen LogP contribution in [0.5, 0.6) is 0 Å². The standard InChI is InChI=1S/C34H25ClN2O4/c35-24-15-9-16-25(20-24)37-32(38)27-28(33(37)39)30(36-19-18-21-10-7-8-17-26(21)29(27)36)34(40)41-31(22-11-3-1-4-12-22)23-13-5-2-6-14-23/h1-20,27-31H/t27-,28+,29+,30-/m0/s1. The van der Waals surface area contributed by atoms with E-state index in [9.17, 15) is 14.4 Å². The summed E-state index contributed by atoms with van der Waals surface area (Å²) in [7, 11) is 0. The lowest BCUT2D eigenvalue weighted by Crippen LogP contribution is -2.45. The van der Waals surface area contributed by atoms with E-state index in [1.54, 1.807) is 24.3 Å². The van der Waals surface area contributed by atoms with Crippen LogP contribution in [0.25, 0.3) is 6.08 Å². The highest BCUT2D eigenvalue weighted by Gasteiger charge is 2.65. The molecule has 2 fully saturated rings. The molecule has 0 aliphatic carbocycles. The smallest absolute Gasteiger partial charge is 0.330 e. The van der Waals surface area contributed by atoms with E-state index < -0.39 is 41.9 Å². The summed E-state index contributed by atoms with van der Waals surface area (Å²) >= 11 is 6.23. The lowest BCUT2D eigenvalue weighted by molar-refractivity contribution is -0.155. The molecule has 0 unspecified atom stereocenters. The molecule has 41 heavy (non-hydrogen) atoms. The van der Waals surface area contributed by atoms with Crippen molar-refractivity contribution in [2.45, 2.75) is 18.2 Å². The van der Waals surface area contributed by atoms with Gasteiger partial charge >= 0.3 is 5.97 Å². The third-order valence-corrected chi connectivity index (χ3v) is 8.44. The van der Waals surface area contributed by atoms with E-state index in [2.05, 4.69) is 0 Å². The average Bonchev–Trinajstić information content (AvgIpc) is 3.48. The molecule has 0 bridgehead atoms. The number of nitrogens with zero attached hydrogens (tertiary/aromatic N) is 2. The van der Waals surface area contributed by atoms with Crippen LogP contribution in [0.1, 0.15) is 34.4 Å². The minimum atomic E-state index is -0.995. The second kappa shape index (κ2) is 10.1. The Morgan fingerprint density at radius 1 is 0.756 bits per heavy atom. The van der Waals surface area contributed by atoms with Crippen molar-refractivity contribution < 1.29 is 19.1 Å². The van der Waals surface area contributed by atoms with E-state index in [0.29, 0.717) is 10.7 Å². The quantitative estimate of drug-likeness (QED) is 0.215. The molecule has 2 amide bonds. The zero-order chi connectivity index (χ0) is 28.1. The Hall–Kier alpha value is -4.68. The van der Waals surface area contributed by atoms with Crippen LogP contribution in [-0.4, -0.2) is 28.7 Å². The van der Waals surface area contributed by atoms with Crippen LogP contribution < -0.4 is 4.90 Å². The minimum absolute atomic E-state index is 0.347. The molecule has 0 saturated carbocycles. The number of hydrogen-bond acceptors (Lipinski definition) is 5. The topological polar surface area (TPSA) is 66.9 Å². The number of ether oxygens (including phenoxy) is 1. The molecule has 202 valence electrons. The summed E-state index contributed by atoms with van der Waals surface area (Å²) in [5.74, 6) is -3.03. The predicted molar refractivity (Wildman–Crippen MR) is 156 cm³/mol. The number of carbonyl (C=O) groups excluding carboxylic acids is 3. The Morgan fingerprint density at radius 3 is 2.07 bits per heavy atom. The average molecular weight is 561 g/mol. The van der Waals surface area contributed by atoms with Crippen LogP contribution in [0.3, 0.4) is 0 Å². The van der Waals surface area contributed by atoms with Gasteiger partial charge in [0.25, 0.3) is 0 Å². The fraction of sp³-hybridized carbons (Fsp3) is 0.147. The van der Waals surface area contributed by atoms with Crippen molar-refractivity contribution in [3.05, 3.63) is 143 Å². The summed E-state index contributed by atoms with van der Waals surface area (Å²) < 4.78 is 6.28. The summed E-state index contributed by atoms with van der Waals surface area (Å²) in [4.78, 5) is 45.5. The highest BCUT2D eigenvalue weighted by atomic mass is 35.5. The number of benzene rings is 4. The molecule has 0 radical (unpaired) electrons. The van der Waals surface area contributed by atoms with Gasteiger partial charge in [-0.05, 0) is 46.5 Å². The molecule has 0 spiro atoms. The van der Waals surface area contributed by atoms with E-state index in [1.807, 2.05) is 102 Å². The van der Waals surface area contributed by atoms with Gasteiger partial charge in [-0.2, -0.15) is 0 Å². The van der Waals surface area contributed by atoms with Crippen molar-refractivity contribution in [1.29, 1.82) is 0 Å². The Labute approximate surface area is 242 Å². The van der Waals surface area contributed by atoms with Crippen molar-refractivity contribution in [3.63, 3.8) is 0 Å². The molecule has 6 nitrogen and oxygen atoms in total. The number of halogens is 1. The molecule has 3 aliphatic rings. The number of carbonyl (C=O) groups is 3. The second-order valence-electron chi connectivity index (χ2n) is 10.5. The first-order chi connectivity index (χ1) is 20.0. The predicted octanol–water partition coefficient (Wildman–Crippen LogP) is 6.19. The van der Waals surface area contributed by atoms with Crippen molar-refractivity contribution in [2.24, 2.45) is 11.8 Å². The Kier molecular flexibility index (Phi) is 6.20. The Bertz CT molecular complexity index is 1650. The molecule has 0 aromatic heterocycles. The molecular weight excluding hydrogens is 536 g/mol. The van der Waals surface area contributed by atoms with E-state index in [4.69, 9.17) is 16.3 Å². The molecule has 4 atom stereocenters. The summed E-state index contributed by atoms with van der Waals surface area (Å²) in [6.45, 7) is 0. The number of esters is 1. The monoisotopic (exact) mass is 560 g/mol. The van der Waals surface area contributed by atoms with Crippen LogP contribution in [0.4, 0.5) is 5.69 Å². The van der Waals surface area contributed by atoms with Gasteiger partial charge in [-0.25, -0.2) is 9.69 Å². The normalized spacial score (nSPS) is 22.5. The van der Waals surface area contributed by atoms with Crippen molar-refractivity contribution >= 4 is 41.1 Å². The lowest BCUT2D eigenvalue weighted by Gasteiger charge is -2.35. The summed E-state index contributed by atoms with van der Waals surface area (Å²) in [5, 5.41) is 0.414. The maximum atomic E-state index is 14.3. The summed E-state index contributed by atoms with van der Waals surface area (Å²) in [6, 6.07) is 32.0. The summed E-state index contributed by atoms with van der Waals surface area (Å²) in [6.07, 6.45) is 3.06. The van der Waals surface area contributed by atoms with Crippen molar-refractivity contribution in [3.8, 4) is 0 Å². The zero-order valence-corrected chi connectivity index (χ0v) is 22.6. The molecule has 4 aromatic carbocycles. The SMILES string of the molecule is O=C(OC(c1ccccc1)c1ccccc1)[C@@H]1[C@@H]2C(=O)N(c3cccc(Cl)c3)C(=O)[C@@H]2[C@H]2c3ccccc3C=CN12. The number of fused-ring (bicyclic) bond motifs is 5. The van der Waals surface area contributed by atoms with Gasteiger partial charge in [0.15, 0.2) is 6.10 Å². The Balaban J connectivity index is 1.32. The minimum Gasteiger partial charge on any atom is -0.451 e. The number of hydrogen-bond donors (Lipinski definition) is 0. The highest BCUT2D eigenvalue weighted by Crippen LogP contribution is 2.53. The van der Waals surface area contributed by atoms with Gasteiger partial charge < -0.3 is 9.64 Å². The van der Waals surface area contributed by atoms with E-state index >= 15 is 0 Å². The zero-order valence-electron chi connectivity index (χ0n) is 21.8. The van der Waals surface area contributed by atoms with Gasteiger partial charge in [-0.15, -0.1) is 0 Å². The molecule has 4 aromatic rings. The number of imide groups is 1. The third-order valence-electron chi connectivity index (χ3n) is 8.21. The van der Waals surface area contributed by atoms with E-state index in [1.165, 1.54) is 4.90 Å². The van der Waals surface area contributed by atoms with Crippen LogP contribution in [0, 0.1) is 11.8 Å². The first-order valence-electron chi connectivity index (χ1n) is 13.5. The lowest BCUT2D eigenvalue weighted by atomic mass is 9.84. The fourth-order valence-corrected chi connectivity index (χ4v) is 6.65. The van der Waals surface area contributed by atoms with Crippen LogP contribution in [0.15, 0.2) is 115 Å². The molecule has 7 rings (SSSR count). The fourth-order valence-electron chi connectivity index (χ4n) is 6.47.